The van der Waals surface area contributed by atoms with E-state index >= 15 is 0 Å². The molecule has 2 nitrogen and oxygen atoms in total. The highest BCUT2D eigenvalue weighted by atomic mass is 16.5. The van der Waals surface area contributed by atoms with E-state index in [1.807, 2.05) is 20.8 Å². The van der Waals surface area contributed by atoms with Crippen molar-refractivity contribution in [3.8, 4) is 0 Å². The van der Waals surface area contributed by atoms with E-state index in [0.29, 0.717) is 6.42 Å². The van der Waals surface area contributed by atoms with Crippen LogP contribution in [0.3, 0.4) is 0 Å². The molecule has 0 N–H and O–H groups in total. The van der Waals surface area contributed by atoms with Crippen LogP contribution in [0.25, 0.3) is 0 Å². The summed E-state index contributed by atoms with van der Waals surface area (Å²) < 4.78 is 5.35. The first-order chi connectivity index (χ1) is 6.52. The second-order valence-electron chi connectivity index (χ2n) is 3.79. The van der Waals surface area contributed by atoms with Crippen LogP contribution in [0.5, 0.6) is 0 Å². The quantitative estimate of drug-likeness (QED) is 0.587. The van der Waals surface area contributed by atoms with Crippen LogP contribution in [0.4, 0.5) is 0 Å². The van der Waals surface area contributed by atoms with Crippen molar-refractivity contribution in [1.82, 2.24) is 0 Å². The van der Waals surface area contributed by atoms with Crippen molar-refractivity contribution in [1.29, 1.82) is 0 Å². The molecule has 2 heteroatoms. The summed E-state index contributed by atoms with van der Waals surface area (Å²) in [6.07, 6.45) is 2.80. The molecule has 0 aliphatic rings. The maximum absolute atomic E-state index is 11.9. The normalized spacial score (nSPS) is 11.4. The molecular formula is C12H22O2. The molecule has 0 aliphatic heterocycles. The molecule has 0 saturated carbocycles. The van der Waals surface area contributed by atoms with Gasteiger partial charge in [-0.15, -0.1) is 6.58 Å². The third-order valence-corrected chi connectivity index (χ3v) is 2.82. The van der Waals surface area contributed by atoms with E-state index in [-0.39, 0.29) is 5.78 Å². The van der Waals surface area contributed by atoms with Gasteiger partial charge in [0.1, 0.15) is 5.60 Å². The van der Waals surface area contributed by atoms with Gasteiger partial charge in [-0.1, -0.05) is 19.4 Å². The van der Waals surface area contributed by atoms with E-state index in [1.54, 1.807) is 7.11 Å². The van der Waals surface area contributed by atoms with Crippen LogP contribution in [0, 0.1) is 0 Å². The van der Waals surface area contributed by atoms with E-state index in [4.69, 9.17) is 4.74 Å². The van der Waals surface area contributed by atoms with Crippen LogP contribution in [-0.4, -0.2) is 18.5 Å². The van der Waals surface area contributed by atoms with Crippen LogP contribution in [0.1, 0.15) is 46.5 Å². The van der Waals surface area contributed by atoms with Gasteiger partial charge in [0.25, 0.3) is 0 Å². The fourth-order valence-electron chi connectivity index (χ4n) is 1.60. The van der Waals surface area contributed by atoms with E-state index in [0.717, 1.165) is 24.8 Å². The summed E-state index contributed by atoms with van der Waals surface area (Å²) in [5.41, 5.74) is 0.491. The number of carbonyl (C=O) groups excluding carboxylic acids is 1. The number of Topliss-reactive ketones (excluding diaryl/α,β-unsaturated/α-hetero) is 1. The molecule has 0 amide bonds. The SMILES string of the molecule is C=C(C)CCC(=O)C(CC)(CC)OC. The third kappa shape index (κ3) is 3.26. The van der Waals surface area contributed by atoms with E-state index in [9.17, 15) is 4.79 Å². The third-order valence-electron chi connectivity index (χ3n) is 2.82. The second-order valence-corrected chi connectivity index (χ2v) is 3.79. The van der Waals surface area contributed by atoms with Gasteiger partial charge in [0.2, 0.25) is 0 Å². The molecule has 0 aromatic carbocycles. The lowest BCUT2D eigenvalue weighted by molar-refractivity contribution is -0.142. The first-order valence-corrected chi connectivity index (χ1v) is 5.25. The average Bonchev–Trinajstić information content (AvgIpc) is 2.18. The lowest BCUT2D eigenvalue weighted by Gasteiger charge is -2.28. The van der Waals surface area contributed by atoms with Gasteiger partial charge in [0, 0.05) is 13.5 Å². The summed E-state index contributed by atoms with van der Waals surface area (Å²) in [6.45, 7) is 9.72. The predicted octanol–water partition coefficient (Wildman–Crippen LogP) is 3.12. The summed E-state index contributed by atoms with van der Waals surface area (Å²) >= 11 is 0. The zero-order valence-electron chi connectivity index (χ0n) is 9.85. The maximum Gasteiger partial charge on any atom is 0.164 e. The Balaban J connectivity index is 4.36. The molecule has 14 heavy (non-hydrogen) atoms. The van der Waals surface area contributed by atoms with Crippen LogP contribution in [0.2, 0.25) is 0 Å². The fraction of sp³-hybridized carbons (Fsp3) is 0.750. The number of methoxy groups -OCH3 is 1. The molecule has 0 rings (SSSR count). The van der Waals surface area contributed by atoms with Gasteiger partial charge < -0.3 is 4.74 Å². The Morgan fingerprint density at radius 1 is 1.29 bits per heavy atom. The molecule has 0 aliphatic carbocycles. The number of ketones is 1. The predicted molar refractivity (Wildman–Crippen MR) is 59.4 cm³/mol. The highest BCUT2D eigenvalue weighted by Crippen LogP contribution is 2.23. The average molecular weight is 198 g/mol. The molecule has 0 spiro atoms. The molecule has 0 aromatic rings. The van der Waals surface area contributed by atoms with Crippen molar-refractivity contribution in [2.45, 2.75) is 52.1 Å². The van der Waals surface area contributed by atoms with Crippen LogP contribution in [0.15, 0.2) is 12.2 Å². The lowest BCUT2D eigenvalue weighted by Crippen LogP contribution is -2.39. The molecule has 0 aromatic heterocycles. The highest BCUT2D eigenvalue weighted by molar-refractivity contribution is 5.87. The topological polar surface area (TPSA) is 26.3 Å². The van der Waals surface area contributed by atoms with E-state index < -0.39 is 5.60 Å². The Kier molecular flexibility index (Phi) is 5.70. The van der Waals surface area contributed by atoms with Crippen LogP contribution < -0.4 is 0 Å². The van der Waals surface area contributed by atoms with Gasteiger partial charge in [-0.05, 0) is 26.2 Å². The number of rotatable bonds is 7. The largest absolute Gasteiger partial charge is 0.370 e. The van der Waals surface area contributed by atoms with Crippen molar-refractivity contribution < 1.29 is 9.53 Å². The number of hydrogen-bond acceptors (Lipinski definition) is 2. The zero-order chi connectivity index (χ0) is 11.2. The smallest absolute Gasteiger partial charge is 0.164 e. The molecule has 0 unspecified atom stereocenters. The Hall–Kier alpha value is -0.630. The minimum atomic E-state index is -0.560. The molecule has 0 heterocycles. The summed E-state index contributed by atoms with van der Waals surface area (Å²) in [6, 6.07) is 0. The standard InChI is InChI=1S/C12H22O2/c1-6-12(7-2,14-5)11(13)9-8-10(3)4/h3,6-9H2,1-2,4-5H3. The monoisotopic (exact) mass is 198 g/mol. The first kappa shape index (κ1) is 13.4. The second kappa shape index (κ2) is 5.97. The molecule has 0 fully saturated rings. The molecule has 0 saturated heterocycles. The van der Waals surface area contributed by atoms with Gasteiger partial charge in [-0.25, -0.2) is 0 Å². The highest BCUT2D eigenvalue weighted by Gasteiger charge is 2.33. The lowest BCUT2D eigenvalue weighted by atomic mass is 9.88. The van der Waals surface area contributed by atoms with Gasteiger partial charge in [-0.3, -0.25) is 4.79 Å². The molecule has 82 valence electrons. The molecular weight excluding hydrogens is 176 g/mol. The van der Waals surface area contributed by atoms with Crippen LogP contribution >= 0.6 is 0 Å². The number of allylic oxidation sites excluding steroid dienone is 1. The van der Waals surface area contributed by atoms with Gasteiger partial charge >= 0.3 is 0 Å². The minimum Gasteiger partial charge on any atom is -0.370 e. The van der Waals surface area contributed by atoms with Crippen molar-refractivity contribution in [2.24, 2.45) is 0 Å². The minimum absolute atomic E-state index is 0.202. The van der Waals surface area contributed by atoms with Crippen molar-refractivity contribution in [3.05, 3.63) is 12.2 Å². The maximum atomic E-state index is 11.9. The number of carbonyl (C=O) groups is 1. The van der Waals surface area contributed by atoms with Gasteiger partial charge in [0.15, 0.2) is 5.78 Å². The van der Waals surface area contributed by atoms with Gasteiger partial charge in [-0.2, -0.15) is 0 Å². The van der Waals surface area contributed by atoms with Crippen molar-refractivity contribution in [2.75, 3.05) is 7.11 Å². The van der Waals surface area contributed by atoms with E-state index in [1.165, 1.54) is 0 Å². The fourth-order valence-corrected chi connectivity index (χ4v) is 1.60. The van der Waals surface area contributed by atoms with Crippen LogP contribution in [-0.2, 0) is 9.53 Å². The zero-order valence-corrected chi connectivity index (χ0v) is 9.85. The van der Waals surface area contributed by atoms with Gasteiger partial charge in [0.05, 0.1) is 0 Å². The number of ether oxygens (including phenoxy) is 1. The van der Waals surface area contributed by atoms with Crippen molar-refractivity contribution >= 4 is 5.78 Å². The molecule has 0 radical (unpaired) electrons. The Morgan fingerprint density at radius 3 is 2.07 bits per heavy atom. The molecule has 0 atom stereocenters. The Labute approximate surface area is 87.3 Å². The number of hydrogen-bond donors (Lipinski definition) is 0. The summed E-state index contributed by atoms with van der Waals surface area (Å²) in [7, 11) is 1.62. The Morgan fingerprint density at radius 2 is 1.79 bits per heavy atom. The van der Waals surface area contributed by atoms with Crippen molar-refractivity contribution in [3.63, 3.8) is 0 Å². The molecule has 0 bridgehead atoms. The summed E-state index contributed by atoms with van der Waals surface area (Å²) in [4.78, 5) is 11.9. The summed E-state index contributed by atoms with van der Waals surface area (Å²) in [5.74, 6) is 0.202. The Bertz CT molecular complexity index is 194. The summed E-state index contributed by atoms with van der Waals surface area (Å²) in [5, 5.41) is 0. The van der Waals surface area contributed by atoms with E-state index in [2.05, 4.69) is 6.58 Å². The first-order valence-electron chi connectivity index (χ1n) is 5.25.